The molecule has 0 heterocycles. The summed E-state index contributed by atoms with van der Waals surface area (Å²) >= 11 is 0. The first-order valence-corrected chi connectivity index (χ1v) is 7.52. The van der Waals surface area contributed by atoms with Gasteiger partial charge >= 0.3 is 0 Å². The summed E-state index contributed by atoms with van der Waals surface area (Å²) in [6, 6.07) is 15.1. The first-order valence-electron chi connectivity index (χ1n) is 7.52. The molecular weight excluding hydrogens is 288 g/mol. The fourth-order valence-corrected chi connectivity index (χ4v) is 2.10. The van der Waals surface area contributed by atoms with Gasteiger partial charge in [0.15, 0.2) is 0 Å². The van der Waals surface area contributed by atoms with E-state index >= 15 is 0 Å². The summed E-state index contributed by atoms with van der Waals surface area (Å²) in [4.78, 5) is 23.0. The van der Waals surface area contributed by atoms with E-state index in [9.17, 15) is 9.59 Å². The van der Waals surface area contributed by atoms with Crippen molar-refractivity contribution in [2.75, 3.05) is 10.6 Å². The molecule has 0 spiro atoms. The van der Waals surface area contributed by atoms with Gasteiger partial charge in [0.1, 0.15) is 0 Å². The van der Waals surface area contributed by atoms with Crippen LogP contribution in [0.25, 0.3) is 6.08 Å². The molecule has 0 aromatic heterocycles. The molecule has 0 fully saturated rings. The Labute approximate surface area is 136 Å². The van der Waals surface area contributed by atoms with Crippen molar-refractivity contribution in [3.63, 3.8) is 0 Å². The Morgan fingerprint density at radius 3 is 2.26 bits per heavy atom. The molecule has 0 saturated heterocycles. The number of hydrogen-bond donors (Lipinski definition) is 2. The number of amides is 2. The van der Waals surface area contributed by atoms with Crippen molar-refractivity contribution in [1.82, 2.24) is 0 Å². The summed E-state index contributed by atoms with van der Waals surface area (Å²) in [6.07, 6.45) is 4.26. The van der Waals surface area contributed by atoms with Crippen LogP contribution in [0, 0.1) is 0 Å². The highest BCUT2D eigenvalue weighted by Crippen LogP contribution is 2.15. The van der Waals surface area contributed by atoms with E-state index in [1.165, 1.54) is 18.6 Å². The summed E-state index contributed by atoms with van der Waals surface area (Å²) in [5, 5.41) is 5.45. The van der Waals surface area contributed by atoms with Gasteiger partial charge in [-0.1, -0.05) is 37.3 Å². The van der Waals surface area contributed by atoms with Crippen molar-refractivity contribution < 1.29 is 9.59 Å². The molecule has 0 aliphatic carbocycles. The van der Waals surface area contributed by atoms with Crippen LogP contribution in [0.2, 0.25) is 0 Å². The Bertz CT molecular complexity index is 718. The fraction of sp³-hybridized carbons (Fsp3) is 0.158. The van der Waals surface area contributed by atoms with Crippen LogP contribution >= 0.6 is 0 Å². The van der Waals surface area contributed by atoms with Gasteiger partial charge in [-0.3, -0.25) is 9.59 Å². The number of rotatable bonds is 5. The van der Waals surface area contributed by atoms with Crippen LogP contribution in [0.15, 0.2) is 54.6 Å². The molecule has 4 nitrogen and oxygen atoms in total. The smallest absolute Gasteiger partial charge is 0.248 e. The van der Waals surface area contributed by atoms with Crippen molar-refractivity contribution in [2.45, 2.75) is 20.3 Å². The van der Waals surface area contributed by atoms with Crippen LogP contribution in [0.1, 0.15) is 25.0 Å². The molecule has 2 aromatic rings. The molecule has 0 saturated carbocycles. The molecule has 4 heteroatoms. The van der Waals surface area contributed by atoms with E-state index in [0.29, 0.717) is 11.4 Å². The third-order valence-corrected chi connectivity index (χ3v) is 3.27. The molecule has 0 aliphatic rings. The zero-order chi connectivity index (χ0) is 16.7. The minimum atomic E-state index is -0.218. The monoisotopic (exact) mass is 308 g/mol. The zero-order valence-corrected chi connectivity index (χ0v) is 13.3. The van der Waals surface area contributed by atoms with Crippen LogP contribution in [0.4, 0.5) is 11.4 Å². The van der Waals surface area contributed by atoms with Gasteiger partial charge in [-0.25, -0.2) is 0 Å². The van der Waals surface area contributed by atoms with E-state index in [4.69, 9.17) is 0 Å². The van der Waals surface area contributed by atoms with Crippen LogP contribution < -0.4 is 10.6 Å². The topological polar surface area (TPSA) is 58.2 Å². The second kappa shape index (κ2) is 7.94. The quantitative estimate of drug-likeness (QED) is 0.824. The summed E-state index contributed by atoms with van der Waals surface area (Å²) in [5.74, 6) is -0.367. The minimum absolute atomic E-state index is 0.149. The van der Waals surface area contributed by atoms with Gasteiger partial charge in [0.2, 0.25) is 11.8 Å². The summed E-state index contributed by atoms with van der Waals surface area (Å²) in [5.41, 5.74) is 3.52. The number of benzene rings is 2. The van der Waals surface area contributed by atoms with Crippen molar-refractivity contribution >= 4 is 29.3 Å². The summed E-state index contributed by atoms with van der Waals surface area (Å²) in [7, 11) is 0. The molecule has 2 amide bonds. The predicted molar refractivity (Wildman–Crippen MR) is 94.2 cm³/mol. The standard InChI is InChI=1S/C19H20N2O2/c1-3-15-7-9-16(10-8-15)11-12-19(23)21-18-6-4-5-17(13-18)20-14(2)22/h4-13H,3H2,1-2H3,(H,20,22)(H,21,23)/b12-11+. The molecule has 0 atom stereocenters. The number of hydrogen-bond acceptors (Lipinski definition) is 2. The largest absolute Gasteiger partial charge is 0.326 e. The normalized spacial score (nSPS) is 10.5. The summed E-state index contributed by atoms with van der Waals surface area (Å²) in [6.45, 7) is 3.55. The van der Waals surface area contributed by atoms with Gasteiger partial charge in [-0.2, -0.15) is 0 Å². The maximum atomic E-state index is 12.0. The molecule has 118 valence electrons. The third-order valence-electron chi connectivity index (χ3n) is 3.27. The zero-order valence-electron chi connectivity index (χ0n) is 13.3. The van der Waals surface area contributed by atoms with E-state index in [1.54, 1.807) is 30.3 Å². The van der Waals surface area contributed by atoms with E-state index in [0.717, 1.165) is 12.0 Å². The lowest BCUT2D eigenvalue weighted by Crippen LogP contribution is -2.09. The Kier molecular flexibility index (Phi) is 5.69. The molecule has 2 aromatic carbocycles. The van der Waals surface area contributed by atoms with Crippen molar-refractivity contribution in [1.29, 1.82) is 0 Å². The van der Waals surface area contributed by atoms with Crippen LogP contribution in [-0.4, -0.2) is 11.8 Å². The molecule has 2 N–H and O–H groups in total. The van der Waals surface area contributed by atoms with Crippen LogP contribution in [0.3, 0.4) is 0 Å². The molecule has 23 heavy (non-hydrogen) atoms. The molecule has 2 rings (SSSR count). The van der Waals surface area contributed by atoms with Crippen molar-refractivity contribution in [3.8, 4) is 0 Å². The highest BCUT2D eigenvalue weighted by atomic mass is 16.2. The van der Waals surface area contributed by atoms with Gasteiger partial charge < -0.3 is 10.6 Å². The lowest BCUT2D eigenvalue weighted by Gasteiger charge is -2.06. The maximum Gasteiger partial charge on any atom is 0.248 e. The molecule has 0 unspecified atom stereocenters. The second-order valence-corrected chi connectivity index (χ2v) is 5.18. The van der Waals surface area contributed by atoms with E-state index in [-0.39, 0.29) is 11.8 Å². The number of carbonyl (C=O) groups is 2. The average molecular weight is 308 g/mol. The Balaban J connectivity index is 1.98. The first kappa shape index (κ1) is 16.5. The predicted octanol–water partition coefficient (Wildman–Crippen LogP) is 3.86. The van der Waals surface area contributed by atoms with Gasteiger partial charge in [0, 0.05) is 24.4 Å². The number of nitrogens with one attached hydrogen (secondary N) is 2. The highest BCUT2D eigenvalue weighted by Gasteiger charge is 2.01. The van der Waals surface area contributed by atoms with E-state index in [1.807, 2.05) is 12.1 Å². The van der Waals surface area contributed by atoms with Gasteiger partial charge in [0.05, 0.1) is 0 Å². The first-order chi connectivity index (χ1) is 11.1. The molecule has 0 aliphatic heterocycles. The second-order valence-electron chi connectivity index (χ2n) is 5.18. The SMILES string of the molecule is CCc1ccc(/C=C/C(=O)Nc2cccc(NC(C)=O)c2)cc1. The maximum absolute atomic E-state index is 12.0. The highest BCUT2D eigenvalue weighted by molar-refractivity contribution is 6.02. The lowest BCUT2D eigenvalue weighted by atomic mass is 10.1. The van der Waals surface area contributed by atoms with Gasteiger partial charge in [-0.05, 0) is 41.8 Å². The number of anilines is 2. The van der Waals surface area contributed by atoms with E-state index < -0.39 is 0 Å². The van der Waals surface area contributed by atoms with Gasteiger partial charge in [-0.15, -0.1) is 0 Å². The lowest BCUT2D eigenvalue weighted by molar-refractivity contribution is -0.114. The minimum Gasteiger partial charge on any atom is -0.326 e. The number of carbonyl (C=O) groups excluding carboxylic acids is 2. The fourth-order valence-electron chi connectivity index (χ4n) is 2.10. The van der Waals surface area contributed by atoms with Crippen molar-refractivity contribution in [2.24, 2.45) is 0 Å². The van der Waals surface area contributed by atoms with Crippen LogP contribution in [-0.2, 0) is 16.0 Å². The Hall–Kier alpha value is -2.88. The van der Waals surface area contributed by atoms with E-state index in [2.05, 4.69) is 29.7 Å². The van der Waals surface area contributed by atoms with Crippen molar-refractivity contribution in [3.05, 3.63) is 65.7 Å². The van der Waals surface area contributed by atoms with Gasteiger partial charge in [0.25, 0.3) is 0 Å². The Morgan fingerprint density at radius 2 is 1.65 bits per heavy atom. The number of aryl methyl sites for hydroxylation is 1. The van der Waals surface area contributed by atoms with Crippen LogP contribution in [0.5, 0.6) is 0 Å². The molecule has 0 radical (unpaired) electrons. The Morgan fingerprint density at radius 1 is 1.00 bits per heavy atom. The molecule has 0 bridgehead atoms. The molecular formula is C19H20N2O2. The summed E-state index contributed by atoms with van der Waals surface area (Å²) < 4.78 is 0. The third kappa shape index (κ3) is 5.43. The average Bonchev–Trinajstić information content (AvgIpc) is 2.53.